The molecule has 0 radical (unpaired) electrons. The molecule has 0 unspecified atom stereocenters. The monoisotopic (exact) mass is 301 g/mol. The molecule has 1 saturated carbocycles. The van der Waals surface area contributed by atoms with Gasteiger partial charge in [0.2, 0.25) is 0 Å². The van der Waals surface area contributed by atoms with Crippen LogP contribution in [0.2, 0.25) is 10.0 Å². The summed E-state index contributed by atoms with van der Waals surface area (Å²) in [6, 6.07) is 5.78. The Morgan fingerprint density at radius 3 is 2.67 bits per heavy atom. The van der Waals surface area contributed by atoms with Crippen LogP contribution in [0.25, 0.3) is 11.4 Å². The van der Waals surface area contributed by atoms with Gasteiger partial charge in [0, 0.05) is 16.6 Å². The molecule has 0 N–H and O–H groups in total. The Morgan fingerprint density at radius 2 is 2.00 bits per heavy atom. The van der Waals surface area contributed by atoms with Crippen LogP contribution in [-0.2, 0) is 5.88 Å². The molecule has 2 aromatic rings. The van der Waals surface area contributed by atoms with E-state index in [0.29, 0.717) is 22.0 Å². The van der Waals surface area contributed by atoms with Crippen molar-refractivity contribution in [3.63, 3.8) is 0 Å². The van der Waals surface area contributed by atoms with E-state index >= 15 is 0 Å². The van der Waals surface area contributed by atoms with E-state index in [1.54, 1.807) is 12.1 Å². The second kappa shape index (κ2) is 4.72. The van der Waals surface area contributed by atoms with Gasteiger partial charge in [0.15, 0.2) is 5.82 Å². The molecule has 1 aliphatic rings. The maximum atomic E-state index is 6.21. The minimum absolute atomic E-state index is 0.349. The van der Waals surface area contributed by atoms with Crippen molar-refractivity contribution in [2.75, 3.05) is 0 Å². The van der Waals surface area contributed by atoms with E-state index in [4.69, 9.17) is 34.8 Å². The van der Waals surface area contributed by atoms with Crippen LogP contribution in [0.5, 0.6) is 0 Å². The van der Waals surface area contributed by atoms with Gasteiger partial charge in [-0.25, -0.2) is 0 Å². The quantitative estimate of drug-likeness (QED) is 0.790. The summed E-state index contributed by atoms with van der Waals surface area (Å²) in [5.41, 5.74) is 0.805. The summed E-state index contributed by atoms with van der Waals surface area (Å²) >= 11 is 18.1. The zero-order valence-corrected chi connectivity index (χ0v) is 11.7. The van der Waals surface area contributed by atoms with Gasteiger partial charge in [-0.05, 0) is 31.0 Å². The molecule has 1 fully saturated rings. The molecule has 1 aromatic carbocycles. The maximum Gasteiger partial charge on any atom is 0.165 e. The molecule has 3 nitrogen and oxygen atoms in total. The van der Waals surface area contributed by atoms with E-state index < -0.39 is 0 Å². The van der Waals surface area contributed by atoms with Gasteiger partial charge in [-0.1, -0.05) is 23.2 Å². The van der Waals surface area contributed by atoms with E-state index in [0.717, 1.165) is 30.1 Å². The Labute approximate surface area is 120 Å². The van der Waals surface area contributed by atoms with Crippen LogP contribution >= 0.6 is 34.8 Å². The third-order valence-corrected chi connectivity index (χ3v) is 3.77. The molecule has 1 aliphatic carbocycles. The van der Waals surface area contributed by atoms with E-state index in [9.17, 15) is 0 Å². The van der Waals surface area contributed by atoms with Crippen LogP contribution in [0.3, 0.4) is 0 Å². The first-order valence-corrected chi connectivity index (χ1v) is 6.95. The van der Waals surface area contributed by atoms with Crippen LogP contribution in [-0.4, -0.2) is 14.8 Å². The highest BCUT2D eigenvalue weighted by molar-refractivity contribution is 6.35. The molecule has 1 aromatic heterocycles. The summed E-state index contributed by atoms with van der Waals surface area (Å²) in [6.07, 6.45) is 2.26. The lowest BCUT2D eigenvalue weighted by atomic mass is 10.2. The number of alkyl halides is 1. The smallest absolute Gasteiger partial charge is 0.165 e. The predicted octanol–water partition coefficient (Wildman–Crippen LogP) is 4.33. The number of aromatic nitrogens is 3. The largest absolute Gasteiger partial charge is 0.307 e. The minimum atomic E-state index is 0.349. The molecule has 0 aliphatic heterocycles. The Kier molecular flexibility index (Phi) is 3.22. The summed E-state index contributed by atoms with van der Waals surface area (Å²) < 4.78 is 2.07. The fourth-order valence-corrected chi connectivity index (χ4v) is 2.54. The second-order valence-electron chi connectivity index (χ2n) is 4.30. The second-order valence-corrected chi connectivity index (χ2v) is 5.41. The zero-order chi connectivity index (χ0) is 12.7. The number of hydrogen-bond donors (Lipinski definition) is 0. The molecule has 0 amide bonds. The Hall–Kier alpha value is -0.770. The summed E-state index contributed by atoms with van der Waals surface area (Å²) in [6.45, 7) is 0. The molecule has 1 heterocycles. The topological polar surface area (TPSA) is 30.7 Å². The van der Waals surface area contributed by atoms with Crippen molar-refractivity contribution < 1.29 is 0 Å². The SMILES string of the molecule is ClCc1nnc(-c2cc(Cl)ccc2Cl)n1C1CC1. The van der Waals surface area contributed by atoms with Crippen LogP contribution in [0.4, 0.5) is 0 Å². The molecule has 3 rings (SSSR count). The summed E-state index contributed by atoms with van der Waals surface area (Å²) in [5.74, 6) is 1.88. The van der Waals surface area contributed by atoms with Crippen molar-refractivity contribution in [3.8, 4) is 11.4 Å². The number of hydrogen-bond acceptors (Lipinski definition) is 2. The van der Waals surface area contributed by atoms with Crippen molar-refractivity contribution in [1.82, 2.24) is 14.8 Å². The predicted molar refractivity (Wildman–Crippen MR) is 73.3 cm³/mol. The minimum Gasteiger partial charge on any atom is -0.307 e. The fraction of sp³-hybridized carbons (Fsp3) is 0.333. The third kappa shape index (κ3) is 2.11. The molecule has 6 heteroatoms. The van der Waals surface area contributed by atoms with Gasteiger partial charge in [0.25, 0.3) is 0 Å². The van der Waals surface area contributed by atoms with E-state index in [-0.39, 0.29) is 0 Å². The number of halogens is 3. The van der Waals surface area contributed by atoms with Crippen LogP contribution in [0.15, 0.2) is 18.2 Å². The van der Waals surface area contributed by atoms with Gasteiger partial charge in [-0.15, -0.1) is 21.8 Å². The highest BCUT2D eigenvalue weighted by Gasteiger charge is 2.30. The third-order valence-electron chi connectivity index (χ3n) is 2.97. The van der Waals surface area contributed by atoms with Crippen molar-refractivity contribution in [2.45, 2.75) is 24.8 Å². The van der Waals surface area contributed by atoms with Gasteiger partial charge in [-0.3, -0.25) is 0 Å². The molecule has 0 bridgehead atoms. The van der Waals surface area contributed by atoms with Gasteiger partial charge in [0.05, 0.1) is 10.9 Å². The molecular weight excluding hydrogens is 293 g/mol. The first kappa shape index (κ1) is 12.3. The Balaban J connectivity index is 2.16. The lowest BCUT2D eigenvalue weighted by Crippen LogP contribution is -2.02. The van der Waals surface area contributed by atoms with Crippen molar-refractivity contribution in [2.24, 2.45) is 0 Å². The Morgan fingerprint density at radius 1 is 1.22 bits per heavy atom. The summed E-state index contributed by atoms with van der Waals surface area (Å²) in [5, 5.41) is 9.58. The fourth-order valence-electron chi connectivity index (χ4n) is 1.98. The summed E-state index contributed by atoms with van der Waals surface area (Å²) in [4.78, 5) is 0. The molecule has 18 heavy (non-hydrogen) atoms. The average Bonchev–Trinajstić information content (AvgIpc) is 3.12. The van der Waals surface area contributed by atoms with Crippen LogP contribution in [0.1, 0.15) is 24.7 Å². The number of rotatable bonds is 3. The highest BCUT2D eigenvalue weighted by atomic mass is 35.5. The lowest BCUT2D eigenvalue weighted by molar-refractivity contribution is 0.712. The lowest BCUT2D eigenvalue weighted by Gasteiger charge is -2.09. The van der Waals surface area contributed by atoms with Gasteiger partial charge >= 0.3 is 0 Å². The van der Waals surface area contributed by atoms with Gasteiger partial charge < -0.3 is 4.57 Å². The van der Waals surface area contributed by atoms with Crippen molar-refractivity contribution in [1.29, 1.82) is 0 Å². The van der Waals surface area contributed by atoms with Gasteiger partial charge in [0.1, 0.15) is 5.82 Å². The molecule has 94 valence electrons. The van der Waals surface area contributed by atoms with Crippen molar-refractivity contribution >= 4 is 34.8 Å². The van der Waals surface area contributed by atoms with E-state index in [2.05, 4.69) is 14.8 Å². The maximum absolute atomic E-state index is 6.21. The highest BCUT2D eigenvalue weighted by Crippen LogP contribution is 2.40. The molecular formula is C12H10Cl3N3. The first-order chi connectivity index (χ1) is 8.70. The number of benzene rings is 1. The molecule has 0 spiro atoms. The molecule has 0 saturated heterocycles. The first-order valence-electron chi connectivity index (χ1n) is 5.66. The van der Waals surface area contributed by atoms with Crippen molar-refractivity contribution in [3.05, 3.63) is 34.1 Å². The standard InChI is InChI=1S/C12H10Cl3N3/c13-6-11-16-17-12(18(11)8-2-3-8)9-5-7(14)1-4-10(9)15/h1,4-5,8H,2-3,6H2. The molecule has 0 atom stereocenters. The normalized spacial score (nSPS) is 15.1. The van der Waals surface area contributed by atoms with E-state index in [1.165, 1.54) is 0 Å². The average molecular weight is 303 g/mol. The summed E-state index contributed by atoms with van der Waals surface area (Å²) in [7, 11) is 0. The van der Waals surface area contributed by atoms with Crippen LogP contribution < -0.4 is 0 Å². The Bertz CT molecular complexity index is 590. The van der Waals surface area contributed by atoms with Crippen LogP contribution in [0, 0.1) is 0 Å². The van der Waals surface area contributed by atoms with E-state index in [1.807, 2.05) is 6.07 Å². The number of nitrogens with zero attached hydrogens (tertiary/aromatic N) is 3. The zero-order valence-electron chi connectivity index (χ0n) is 9.41. The van der Waals surface area contributed by atoms with Gasteiger partial charge in [-0.2, -0.15) is 0 Å².